The van der Waals surface area contributed by atoms with E-state index in [0.717, 1.165) is 13.2 Å². The number of rotatable bonds is 3. The van der Waals surface area contributed by atoms with E-state index in [9.17, 15) is 0 Å². The molecule has 2 aliphatic heterocycles. The Balaban J connectivity index is 1.74. The molecule has 0 aromatic carbocycles. The summed E-state index contributed by atoms with van der Waals surface area (Å²) in [6.45, 7) is 5.21. The quantitative estimate of drug-likeness (QED) is 0.642. The average Bonchev–Trinajstić information content (AvgIpc) is 2.99. The van der Waals surface area contributed by atoms with Gasteiger partial charge in [-0.2, -0.15) is 0 Å². The molecule has 3 atom stereocenters. The normalized spacial score (nSPS) is 30.3. The Hall–Kier alpha value is -0.460. The largest absolute Gasteiger partial charge is 0.373 e. The number of fused-ring (bicyclic) bond motifs is 1. The lowest BCUT2D eigenvalue weighted by atomic mass is 10.0. The molecule has 3 heterocycles. The maximum absolute atomic E-state index is 6.04. The number of nitrogens with one attached hydrogen (secondary N) is 1. The lowest BCUT2D eigenvalue weighted by Gasteiger charge is -2.38. The molecule has 2 saturated heterocycles. The molecule has 18 heavy (non-hydrogen) atoms. The van der Waals surface area contributed by atoms with Crippen molar-refractivity contribution in [2.75, 3.05) is 19.7 Å². The maximum atomic E-state index is 6.04. The molecule has 2 aliphatic rings. The van der Waals surface area contributed by atoms with Gasteiger partial charge >= 0.3 is 0 Å². The van der Waals surface area contributed by atoms with Gasteiger partial charge in [0.05, 0.1) is 18.8 Å². The summed E-state index contributed by atoms with van der Waals surface area (Å²) in [5, 5.41) is 2.12. The standard InChI is InChI=1S/C13H21N3OS/c1-9-11(4-6-18-9)13(15-14)12-7-16-5-2-3-10(16)8-17-12/h4,6,10,12-13,15H,2-3,5,7-8,14H2,1H3. The van der Waals surface area contributed by atoms with Crippen LogP contribution in [0.25, 0.3) is 0 Å². The van der Waals surface area contributed by atoms with Crippen molar-refractivity contribution in [2.24, 2.45) is 5.84 Å². The molecule has 3 N–H and O–H groups in total. The summed E-state index contributed by atoms with van der Waals surface area (Å²) in [7, 11) is 0. The Kier molecular flexibility index (Phi) is 3.68. The van der Waals surface area contributed by atoms with Crippen molar-refractivity contribution in [3.05, 3.63) is 21.9 Å². The smallest absolute Gasteiger partial charge is 0.0910 e. The first-order valence-electron chi connectivity index (χ1n) is 6.65. The highest BCUT2D eigenvalue weighted by Gasteiger charge is 2.36. The Morgan fingerprint density at radius 1 is 1.61 bits per heavy atom. The molecule has 100 valence electrons. The van der Waals surface area contributed by atoms with Gasteiger partial charge < -0.3 is 4.74 Å². The number of nitrogens with zero attached hydrogens (tertiary/aromatic N) is 1. The fourth-order valence-corrected chi connectivity index (χ4v) is 3.91. The van der Waals surface area contributed by atoms with Crippen molar-refractivity contribution < 1.29 is 4.74 Å². The predicted octanol–water partition coefficient (Wildman–Crippen LogP) is 1.42. The summed E-state index contributed by atoms with van der Waals surface area (Å²) in [5.41, 5.74) is 4.23. The summed E-state index contributed by atoms with van der Waals surface area (Å²) >= 11 is 1.77. The van der Waals surface area contributed by atoms with Crippen LogP contribution in [0.1, 0.15) is 29.3 Å². The number of thiophene rings is 1. The SMILES string of the molecule is Cc1sccc1C(NN)C1CN2CCCC2CO1. The lowest BCUT2D eigenvalue weighted by molar-refractivity contribution is -0.0653. The molecular formula is C13H21N3OS. The molecule has 1 aromatic rings. The van der Waals surface area contributed by atoms with Gasteiger partial charge in [0.2, 0.25) is 0 Å². The van der Waals surface area contributed by atoms with Crippen LogP contribution in [0.15, 0.2) is 11.4 Å². The number of hydrogen-bond donors (Lipinski definition) is 2. The van der Waals surface area contributed by atoms with E-state index in [1.807, 2.05) is 0 Å². The fraction of sp³-hybridized carbons (Fsp3) is 0.692. The van der Waals surface area contributed by atoms with E-state index in [4.69, 9.17) is 10.6 Å². The minimum absolute atomic E-state index is 0.109. The average molecular weight is 267 g/mol. The molecule has 5 heteroatoms. The van der Waals surface area contributed by atoms with Crippen molar-refractivity contribution in [2.45, 2.75) is 38.0 Å². The molecule has 0 spiro atoms. The van der Waals surface area contributed by atoms with Crippen molar-refractivity contribution >= 4 is 11.3 Å². The number of hydrogen-bond acceptors (Lipinski definition) is 5. The molecule has 0 radical (unpaired) electrons. The highest BCUT2D eigenvalue weighted by molar-refractivity contribution is 7.10. The van der Waals surface area contributed by atoms with Crippen LogP contribution in [-0.2, 0) is 4.74 Å². The Labute approximate surface area is 112 Å². The summed E-state index contributed by atoms with van der Waals surface area (Å²) in [6.07, 6.45) is 2.75. The highest BCUT2D eigenvalue weighted by Crippen LogP contribution is 2.31. The number of ether oxygens (including phenoxy) is 1. The maximum Gasteiger partial charge on any atom is 0.0910 e. The van der Waals surface area contributed by atoms with Gasteiger partial charge in [-0.05, 0) is 43.3 Å². The highest BCUT2D eigenvalue weighted by atomic mass is 32.1. The number of aryl methyl sites for hydroxylation is 1. The summed E-state index contributed by atoms with van der Waals surface area (Å²) in [5.74, 6) is 5.76. The van der Waals surface area contributed by atoms with Gasteiger partial charge in [-0.25, -0.2) is 0 Å². The number of hydrazine groups is 1. The van der Waals surface area contributed by atoms with Crippen molar-refractivity contribution in [1.82, 2.24) is 10.3 Å². The molecule has 0 amide bonds. The topological polar surface area (TPSA) is 50.5 Å². The van der Waals surface area contributed by atoms with Gasteiger partial charge in [0.15, 0.2) is 0 Å². The molecule has 4 nitrogen and oxygen atoms in total. The van der Waals surface area contributed by atoms with Gasteiger partial charge in [0.25, 0.3) is 0 Å². The third-order valence-electron chi connectivity index (χ3n) is 4.20. The molecule has 1 aromatic heterocycles. The van der Waals surface area contributed by atoms with E-state index in [0.29, 0.717) is 6.04 Å². The van der Waals surface area contributed by atoms with Gasteiger partial charge in [-0.15, -0.1) is 11.3 Å². The minimum Gasteiger partial charge on any atom is -0.373 e. The molecule has 3 rings (SSSR count). The first kappa shape index (κ1) is 12.6. The van der Waals surface area contributed by atoms with Crippen LogP contribution in [0.2, 0.25) is 0 Å². The molecule has 0 bridgehead atoms. The van der Waals surface area contributed by atoms with Gasteiger partial charge in [0, 0.05) is 17.5 Å². The second-order valence-electron chi connectivity index (χ2n) is 5.24. The van der Waals surface area contributed by atoms with E-state index in [2.05, 4.69) is 28.7 Å². The van der Waals surface area contributed by atoms with Crippen molar-refractivity contribution in [3.8, 4) is 0 Å². The van der Waals surface area contributed by atoms with E-state index in [1.54, 1.807) is 11.3 Å². The Bertz CT molecular complexity index is 409. The minimum atomic E-state index is 0.109. The monoisotopic (exact) mass is 267 g/mol. The summed E-state index contributed by atoms with van der Waals surface area (Å²) < 4.78 is 6.04. The first-order chi connectivity index (χ1) is 8.79. The molecule has 0 aliphatic carbocycles. The molecule has 2 fully saturated rings. The van der Waals surface area contributed by atoms with Gasteiger partial charge in [-0.3, -0.25) is 16.2 Å². The number of morpholine rings is 1. The van der Waals surface area contributed by atoms with Crippen LogP contribution in [-0.4, -0.2) is 36.7 Å². The van der Waals surface area contributed by atoms with Crippen LogP contribution in [0.4, 0.5) is 0 Å². The van der Waals surface area contributed by atoms with Gasteiger partial charge in [-0.1, -0.05) is 0 Å². The second-order valence-corrected chi connectivity index (χ2v) is 6.36. The zero-order chi connectivity index (χ0) is 12.5. The van der Waals surface area contributed by atoms with E-state index in [1.165, 1.54) is 29.8 Å². The lowest BCUT2D eigenvalue weighted by Crippen LogP contribution is -2.51. The molecule has 3 unspecified atom stereocenters. The second kappa shape index (κ2) is 5.27. The Morgan fingerprint density at radius 2 is 2.50 bits per heavy atom. The van der Waals surface area contributed by atoms with Crippen LogP contribution in [0.3, 0.4) is 0 Å². The van der Waals surface area contributed by atoms with Crippen molar-refractivity contribution in [1.29, 1.82) is 0 Å². The van der Waals surface area contributed by atoms with Crippen LogP contribution < -0.4 is 11.3 Å². The predicted molar refractivity (Wildman–Crippen MR) is 73.5 cm³/mol. The summed E-state index contributed by atoms with van der Waals surface area (Å²) in [4.78, 5) is 3.88. The number of nitrogens with two attached hydrogens (primary N) is 1. The third kappa shape index (κ3) is 2.21. The molecule has 0 saturated carbocycles. The van der Waals surface area contributed by atoms with E-state index >= 15 is 0 Å². The fourth-order valence-electron chi connectivity index (χ4n) is 3.16. The van der Waals surface area contributed by atoms with E-state index < -0.39 is 0 Å². The third-order valence-corrected chi connectivity index (χ3v) is 5.06. The van der Waals surface area contributed by atoms with Crippen LogP contribution in [0.5, 0.6) is 0 Å². The van der Waals surface area contributed by atoms with Crippen molar-refractivity contribution in [3.63, 3.8) is 0 Å². The zero-order valence-corrected chi connectivity index (χ0v) is 11.6. The first-order valence-corrected chi connectivity index (χ1v) is 7.53. The van der Waals surface area contributed by atoms with Crippen LogP contribution in [0, 0.1) is 6.92 Å². The van der Waals surface area contributed by atoms with Crippen LogP contribution >= 0.6 is 11.3 Å². The zero-order valence-electron chi connectivity index (χ0n) is 10.8. The van der Waals surface area contributed by atoms with E-state index in [-0.39, 0.29) is 12.1 Å². The Morgan fingerprint density at radius 3 is 3.22 bits per heavy atom. The summed E-state index contributed by atoms with van der Waals surface area (Å²) in [6, 6.07) is 2.91. The molecular weight excluding hydrogens is 246 g/mol. The van der Waals surface area contributed by atoms with Gasteiger partial charge in [0.1, 0.15) is 0 Å².